The first-order chi connectivity index (χ1) is 15.7. The summed E-state index contributed by atoms with van der Waals surface area (Å²) in [6, 6.07) is 17.2. The average molecular weight is 445 g/mol. The number of rotatable bonds is 3. The van der Waals surface area contributed by atoms with Crippen LogP contribution in [0, 0.1) is 0 Å². The number of aromatic nitrogens is 2. The Kier molecular flexibility index (Phi) is 4.81. The van der Waals surface area contributed by atoms with E-state index in [1.807, 2.05) is 6.07 Å². The summed E-state index contributed by atoms with van der Waals surface area (Å²) in [7, 11) is 2.07. The minimum absolute atomic E-state index is 0.723. The fourth-order valence-electron chi connectivity index (χ4n) is 5.02. The lowest BCUT2D eigenvalue weighted by Crippen LogP contribution is -2.43. The van der Waals surface area contributed by atoms with Crippen LogP contribution in [0.15, 0.2) is 54.7 Å². The second kappa shape index (κ2) is 7.84. The highest BCUT2D eigenvalue weighted by Gasteiger charge is 2.23. The number of pyridine rings is 1. The first-order valence-electron chi connectivity index (χ1n) is 11.2. The van der Waals surface area contributed by atoms with Gasteiger partial charge in [0.15, 0.2) is 0 Å². The molecule has 1 N–H and O–H groups in total. The lowest BCUT2D eigenvalue weighted by atomic mass is 9.96. The second-order valence-corrected chi connectivity index (χ2v) is 8.89. The topological polar surface area (TPSA) is 42.3 Å². The van der Waals surface area contributed by atoms with E-state index in [1.165, 1.54) is 11.3 Å². The zero-order chi connectivity index (χ0) is 21.7. The minimum atomic E-state index is 0.723. The monoisotopic (exact) mass is 444 g/mol. The van der Waals surface area contributed by atoms with Gasteiger partial charge in [0.1, 0.15) is 11.4 Å². The molecule has 0 bridgehead atoms. The molecule has 2 aliphatic heterocycles. The van der Waals surface area contributed by atoms with E-state index in [9.17, 15) is 0 Å². The summed E-state index contributed by atoms with van der Waals surface area (Å²) in [6.07, 6.45) is 2.72. The maximum atomic E-state index is 6.74. The molecule has 4 aromatic rings. The van der Waals surface area contributed by atoms with Crippen molar-refractivity contribution in [3.05, 3.63) is 65.3 Å². The number of nitrogens with one attached hydrogen (secondary N) is 1. The predicted octanol–water partition coefficient (Wildman–Crippen LogP) is 4.91. The number of anilines is 1. The fourth-order valence-corrected chi connectivity index (χ4v) is 5.26. The molecule has 162 valence electrons. The third kappa shape index (κ3) is 3.15. The molecule has 2 aromatic carbocycles. The average Bonchev–Trinajstić information content (AvgIpc) is 3.42. The van der Waals surface area contributed by atoms with Crippen molar-refractivity contribution in [2.45, 2.75) is 6.42 Å². The zero-order valence-electron chi connectivity index (χ0n) is 18.1. The summed E-state index contributed by atoms with van der Waals surface area (Å²) in [4.78, 5) is 7.11. The number of benzene rings is 2. The molecule has 0 atom stereocenters. The van der Waals surface area contributed by atoms with Crippen LogP contribution in [0.3, 0.4) is 0 Å². The molecule has 0 saturated carbocycles. The van der Waals surface area contributed by atoms with Crippen molar-refractivity contribution >= 4 is 28.3 Å². The summed E-state index contributed by atoms with van der Waals surface area (Å²) in [5.74, 6) is 0.986. The molecule has 1 fully saturated rings. The molecule has 4 heterocycles. The highest BCUT2D eigenvalue weighted by Crippen LogP contribution is 2.44. The van der Waals surface area contributed by atoms with E-state index in [1.54, 1.807) is 6.20 Å². The molecule has 32 heavy (non-hydrogen) atoms. The minimum Gasteiger partial charge on any atom is -0.493 e. The van der Waals surface area contributed by atoms with Crippen LogP contribution in [-0.2, 0) is 13.5 Å². The summed E-state index contributed by atoms with van der Waals surface area (Å²) >= 11 is 6.74. The van der Waals surface area contributed by atoms with Crippen molar-refractivity contribution in [3.8, 4) is 28.1 Å². The summed E-state index contributed by atoms with van der Waals surface area (Å²) in [5, 5.41) is 5.14. The van der Waals surface area contributed by atoms with Gasteiger partial charge in [-0.05, 0) is 47.0 Å². The molecule has 1 saturated heterocycles. The molecule has 0 unspecified atom stereocenters. The number of hydrogen-bond acceptors (Lipinski definition) is 4. The number of fused-ring (bicyclic) bond motifs is 2. The summed E-state index contributed by atoms with van der Waals surface area (Å²) in [5.41, 5.74) is 7.98. The Balaban J connectivity index is 1.53. The van der Waals surface area contributed by atoms with E-state index >= 15 is 0 Å². The predicted molar refractivity (Wildman–Crippen MR) is 131 cm³/mol. The van der Waals surface area contributed by atoms with E-state index in [-0.39, 0.29) is 0 Å². The van der Waals surface area contributed by atoms with Gasteiger partial charge in [-0.2, -0.15) is 0 Å². The Morgan fingerprint density at radius 2 is 1.78 bits per heavy atom. The Bertz CT molecular complexity index is 1310. The van der Waals surface area contributed by atoms with Crippen molar-refractivity contribution < 1.29 is 4.74 Å². The second-order valence-electron chi connectivity index (χ2n) is 8.48. The highest BCUT2D eigenvalue weighted by molar-refractivity contribution is 6.37. The molecule has 6 rings (SSSR count). The molecular weight excluding hydrogens is 420 g/mol. The molecule has 0 spiro atoms. The van der Waals surface area contributed by atoms with Crippen LogP contribution in [0.1, 0.15) is 5.56 Å². The molecular formula is C26H25ClN4O. The lowest BCUT2D eigenvalue weighted by molar-refractivity contribution is 0.357. The van der Waals surface area contributed by atoms with Gasteiger partial charge in [-0.15, -0.1) is 0 Å². The van der Waals surface area contributed by atoms with Gasteiger partial charge in [-0.25, -0.2) is 4.98 Å². The fraction of sp³-hybridized carbons (Fsp3) is 0.269. The third-order valence-electron chi connectivity index (χ3n) is 6.62. The van der Waals surface area contributed by atoms with Gasteiger partial charge in [0, 0.05) is 62.5 Å². The van der Waals surface area contributed by atoms with Gasteiger partial charge in [0.25, 0.3) is 0 Å². The van der Waals surface area contributed by atoms with E-state index < -0.39 is 0 Å². The van der Waals surface area contributed by atoms with Crippen LogP contribution < -0.4 is 15.0 Å². The quantitative estimate of drug-likeness (QED) is 0.487. The summed E-state index contributed by atoms with van der Waals surface area (Å²) in [6.45, 7) is 4.88. The van der Waals surface area contributed by atoms with E-state index in [4.69, 9.17) is 16.3 Å². The Morgan fingerprint density at radius 1 is 1.00 bits per heavy atom. The highest BCUT2D eigenvalue weighted by atomic mass is 35.5. The van der Waals surface area contributed by atoms with Gasteiger partial charge in [-0.1, -0.05) is 29.8 Å². The molecule has 0 amide bonds. The number of nitrogens with zero attached hydrogens (tertiary/aromatic N) is 3. The normalized spacial score (nSPS) is 15.8. The van der Waals surface area contributed by atoms with Crippen molar-refractivity contribution in [1.29, 1.82) is 0 Å². The molecule has 6 heteroatoms. The number of hydrogen-bond donors (Lipinski definition) is 1. The van der Waals surface area contributed by atoms with E-state index in [2.05, 4.69) is 69.3 Å². The van der Waals surface area contributed by atoms with Crippen molar-refractivity contribution in [2.24, 2.45) is 7.05 Å². The SMILES string of the molecule is Cn1c(-c2ccc(N3CCNCC3)cc2)c(-c2ccc3c(c2)CCO3)c2c(Cl)ccnc21. The number of ether oxygens (including phenoxy) is 1. The van der Waals surface area contributed by atoms with Crippen molar-refractivity contribution in [1.82, 2.24) is 14.9 Å². The standard InChI is InChI=1S/C26H25ClN4O/c1-30-25(17-2-5-20(6-3-17)31-13-11-28-12-14-31)23(24-21(27)8-10-29-26(24)30)19-4-7-22-18(16-19)9-15-32-22/h2-8,10,16,28H,9,11-15H2,1H3. The van der Waals surface area contributed by atoms with Gasteiger partial charge in [-0.3, -0.25) is 0 Å². The first-order valence-corrected chi connectivity index (χ1v) is 11.5. The van der Waals surface area contributed by atoms with Crippen LogP contribution in [0.2, 0.25) is 5.02 Å². The zero-order valence-corrected chi connectivity index (χ0v) is 18.8. The molecule has 2 aromatic heterocycles. The third-order valence-corrected chi connectivity index (χ3v) is 6.94. The van der Waals surface area contributed by atoms with Gasteiger partial charge in [0.05, 0.1) is 17.3 Å². The van der Waals surface area contributed by atoms with E-state index in [0.29, 0.717) is 0 Å². The molecule has 2 aliphatic rings. The Morgan fingerprint density at radius 3 is 2.59 bits per heavy atom. The van der Waals surface area contributed by atoms with E-state index in [0.717, 1.165) is 83.4 Å². The van der Waals surface area contributed by atoms with Gasteiger partial charge < -0.3 is 19.5 Å². The van der Waals surface area contributed by atoms with Crippen LogP contribution in [0.25, 0.3) is 33.4 Å². The lowest BCUT2D eigenvalue weighted by Gasteiger charge is -2.29. The number of piperazine rings is 1. The van der Waals surface area contributed by atoms with Crippen LogP contribution in [0.4, 0.5) is 5.69 Å². The van der Waals surface area contributed by atoms with Gasteiger partial charge >= 0.3 is 0 Å². The number of aryl methyl sites for hydroxylation is 1. The molecule has 0 radical (unpaired) electrons. The number of halogens is 1. The maximum absolute atomic E-state index is 6.74. The van der Waals surface area contributed by atoms with Gasteiger partial charge in [0.2, 0.25) is 0 Å². The molecule has 0 aliphatic carbocycles. The summed E-state index contributed by atoms with van der Waals surface area (Å²) < 4.78 is 7.91. The largest absolute Gasteiger partial charge is 0.493 e. The van der Waals surface area contributed by atoms with Crippen molar-refractivity contribution in [2.75, 3.05) is 37.7 Å². The Labute approximate surface area is 192 Å². The van der Waals surface area contributed by atoms with Crippen LogP contribution >= 0.6 is 11.6 Å². The van der Waals surface area contributed by atoms with Crippen molar-refractivity contribution in [3.63, 3.8) is 0 Å². The molecule has 5 nitrogen and oxygen atoms in total. The Hall–Kier alpha value is -3.02. The van der Waals surface area contributed by atoms with Crippen LogP contribution in [-0.4, -0.2) is 42.3 Å². The first kappa shape index (κ1) is 19.6. The van der Waals surface area contributed by atoms with Crippen LogP contribution in [0.5, 0.6) is 5.75 Å². The smallest absolute Gasteiger partial charge is 0.142 e. The maximum Gasteiger partial charge on any atom is 0.142 e.